The van der Waals surface area contributed by atoms with Gasteiger partial charge in [0.1, 0.15) is 23.1 Å². The number of H-pyrrole nitrogens is 1. The Labute approximate surface area is 209 Å². The van der Waals surface area contributed by atoms with Crippen molar-refractivity contribution < 1.29 is 9.80 Å². The van der Waals surface area contributed by atoms with Gasteiger partial charge in [-0.05, 0) is 66.6 Å². The van der Waals surface area contributed by atoms with Crippen molar-refractivity contribution in [1.82, 2.24) is 20.2 Å². The summed E-state index contributed by atoms with van der Waals surface area (Å²) in [6.45, 7) is 8.87. The van der Waals surface area contributed by atoms with Crippen LogP contribution >= 0.6 is 11.8 Å². The van der Waals surface area contributed by atoms with Gasteiger partial charge >= 0.3 is 5.91 Å². The second-order valence-electron chi connectivity index (χ2n) is 9.85. The van der Waals surface area contributed by atoms with Crippen molar-refractivity contribution in [2.24, 2.45) is 23.7 Å². The van der Waals surface area contributed by atoms with Gasteiger partial charge in [0.2, 0.25) is 0 Å². The van der Waals surface area contributed by atoms with Crippen molar-refractivity contribution in [1.29, 1.82) is 0 Å². The summed E-state index contributed by atoms with van der Waals surface area (Å²) in [5.41, 5.74) is 0.660. The number of aromatic amines is 1. The molecular formula is C25H32N8OS. The molecule has 3 heterocycles. The fraction of sp³-hybridized carbons (Fsp3) is 0.440. The summed E-state index contributed by atoms with van der Waals surface area (Å²) < 4.78 is 0. The Bertz CT molecular complexity index is 1150. The van der Waals surface area contributed by atoms with Crippen molar-refractivity contribution in [3.05, 3.63) is 48.4 Å². The van der Waals surface area contributed by atoms with Gasteiger partial charge in [0, 0.05) is 30.1 Å². The third-order valence-electron chi connectivity index (χ3n) is 7.14. The van der Waals surface area contributed by atoms with Crippen LogP contribution in [0.15, 0.2) is 52.6 Å². The molecule has 4 N–H and O–H groups in total. The molecule has 1 aromatic carbocycles. The van der Waals surface area contributed by atoms with Gasteiger partial charge in [-0.15, -0.1) is 0 Å². The average Bonchev–Trinajstić information content (AvgIpc) is 3.58. The monoisotopic (exact) mass is 492 g/mol. The molecule has 35 heavy (non-hydrogen) atoms. The molecule has 184 valence electrons. The van der Waals surface area contributed by atoms with E-state index in [0.29, 0.717) is 34.4 Å². The zero-order valence-electron chi connectivity index (χ0n) is 20.3. The lowest BCUT2D eigenvalue weighted by molar-refractivity contribution is -0.690. The third-order valence-corrected chi connectivity index (χ3v) is 8.01. The standard InChI is InChI=1S/C25H32N8OS/c1-15-13-32(14-16(2)17(15)3)23-12-22(28-21-10-11-27-31-21)29-25(30-23)35-20-8-6-19(7-9-20)33(26)24(34)18-4-5-18/h6-12,15-18,26,33H,4-5,13-14H2,1-3H3,(H2,27,28,29,30,31)/t15-,16+,17?. The summed E-state index contributed by atoms with van der Waals surface area (Å²) in [4.78, 5) is 25.2. The Kier molecular flexibility index (Phi) is 6.77. The molecule has 2 aliphatic rings. The molecule has 1 saturated carbocycles. The van der Waals surface area contributed by atoms with Gasteiger partial charge in [0.15, 0.2) is 5.16 Å². The molecule has 2 aromatic heterocycles. The smallest absolute Gasteiger partial charge is 0.310 e. The highest BCUT2D eigenvalue weighted by Gasteiger charge is 2.35. The first kappa shape index (κ1) is 23.8. The number of piperidine rings is 1. The maximum atomic E-state index is 12.2. The number of hydrogen-bond acceptors (Lipinski definition) is 7. The van der Waals surface area contributed by atoms with E-state index in [1.54, 1.807) is 6.20 Å². The summed E-state index contributed by atoms with van der Waals surface area (Å²) >= 11 is 1.47. The van der Waals surface area contributed by atoms with E-state index in [2.05, 4.69) is 41.2 Å². The molecule has 2 unspecified atom stereocenters. The van der Waals surface area contributed by atoms with Crippen LogP contribution in [0.1, 0.15) is 33.6 Å². The van der Waals surface area contributed by atoms with Crippen LogP contribution in [0.4, 0.5) is 23.1 Å². The number of benzene rings is 1. The van der Waals surface area contributed by atoms with E-state index < -0.39 is 0 Å². The molecule has 10 heteroatoms. The number of hydrogen-bond donors (Lipinski definition) is 3. The first-order chi connectivity index (χ1) is 16.9. The second kappa shape index (κ2) is 9.96. The number of anilines is 3. The highest BCUT2D eigenvalue weighted by molar-refractivity contribution is 7.99. The molecule has 1 aliphatic carbocycles. The molecule has 0 radical (unpaired) electrons. The van der Waals surface area contributed by atoms with Crippen LogP contribution < -0.4 is 15.2 Å². The van der Waals surface area contributed by atoms with E-state index >= 15 is 0 Å². The minimum absolute atomic E-state index is 0.0460. The van der Waals surface area contributed by atoms with Crippen molar-refractivity contribution in [3.8, 4) is 0 Å². The maximum Gasteiger partial charge on any atom is 0.310 e. The lowest BCUT2D eigenvalue weighted by atomic mass is 9.81. The predicted octanol–water partition coefficient (Wildman–Crippen LogP) is 4.24. The molecule has 4 atom stereocenters. The number of aromatic nitrogens is 4. The molecule has 9 nitrogen and oxygen atoms in total. The molecular weight excluding hydrogens is 460 g/mol. The summed E-state index contributed by atoms with van der Waals surface area (Å²) in [5, 5.41) is 11.0. The predicted molar refractivity (Wildman–Crippen MR) is 137 cm³/mol. The van der Waals surface area contributed by atoms with Gasteiger partial charge in [0.25, 0.3) is 0 Å². The second-order valence-corrected chi connectivity index (χ2v) is 10.9. The number of rotatable bonds is 7. The van der Waals surface area contributed by atoms with Gasteiger partial charge in [-0.1, -0.05) is 20.8 Å². The quantitative estimate of drug-likeness (QED) is 0.334. The Morgan fingerprint density at radius 2 is 1.83 bits per heavy atom. The van der Waals surface area contributed by atoms with Crippen LogP contribution in [0, 0.1) is 23.7 Å². The minimum atomic E-state index is -0.0460. The van der Waals surface area contributed by atoms with Crippen LogP contribution in [0.5, 0.6) is 0 Å². The Morgan fingerprint density at radius 3 is 2.46 bits per heavy atom. The highest BCUT2D eigenvalue weighted by Crippen LogP contribution is 2.34. The van der Waals surface area contributed by atoms with Crippen LogP contribution in [-0.4, -0.2) is 39.2 Å². The van der Waals surface area contributed by atoms with Crippen molar-refractivity contribution in [3.63, 3.8) is 0 Å². The first-order valence-corrected chi connectivity index (χ1v) is 13.0. The number of nitrogens with one attached hydrogen (secondary N) is 4. The summed E-state index contributed by atoms with van der Waals surface area (Å²) in [7, 11) is 0. The lowest BCUT2D eigenvalue weighted by Crippen LogP contribution is -3.03. The molecule has 1 saturated heterocycles. The van der Waals surface area contributed by atoms with Gasteiger partial charge in [-0.25, -0.2) is 14.8 Å². The molecule has 2 fully saturated rings. The number of quaternary nitrogens is 1. The first-order valence-electron chi connectivity index (χ1n) is 12.2. The SMILES string of the molecule is CC1[C@H](C)CN(c2cc(Nc3ccn[nH]3)nc(Sc3ccc([NH+]([NH-])C(=O)C4CC4)cc3)n2)C[C@@H]1C. The summed E-state index contributed by atoms with van der Waals surface area (Å²) in [6, 6.07) is 11.4. The summed E-state index contributed by atoms with van der Waals surface area (Å²) in [5.74, 6) is 12.4. The topological polar surface area (TPSA) is 115 Å². The maximum absolute atomic E-state index is 12.2. The number of nitrogens with zero attached hydrogens (tertiary/aromatic N) is 4. The molecule has 3 aromatic rings. The van der Waals surface area contributed by atoms with Crippen LogP contribution in [-0.2, 0) is 4.79 Å². The van der Waals surface area contributed by atoms with E-state index in [1.165, 1.54) is 11.8 Å². The Morgan fingerprint density at radius 1 is 1.11 bits per heavy atom. The molecule has 5 rings (SSSR count). The largest absolute Gasteiger partial charge is 0.456 e. The number of carbonyl (C=O) groups is 1. The zero-order valence-corrected chi connectivity index (χ0v) is 21.1. The van der Waals surface area contributed by atoms with Crippen molar-refractivity contribution in [2.45, 2.75) is 43.7 Å². The third kappa shape index (κ3) is 5.50. The van der Waals surface area contributed by atoms with Gasteiger partial charge < -0.3 is 21.1 Å². The minimum Gasteiger partial charge on any atom is -0.456 e. The fourth-order valence-corrected chi connectivity index (χ4v) is 5.25. The van der Waals surface area contributed by atoms with E-state index in [-0.39, 0.29) is 16.8 Å². The molecule has 1 amide bonds. The van der Waals surface area contributed by atoms with Crippen LogP contribution in [0.25, 0.3) is 5.84 Å². The van der Waals surface area contributed by atoms with Crippen LogP contribution in [0.2, 0.25) is 0 Å². The summed E-state index contributed by atoms with van der Waals surface area (Å²) in [6.07, 6.45) is 3.51. The van der Waals surface area contributed by atoms with Crippen LogP contribution in [0.3, 0.4) is 0 Å². The fourth-order valence-electron chi connectivity index (χ4n) is 4.49. The normalized spacial score (nSPS) is 23.2. The number of carbonyl (C=O) groups excluding carboxylic acids is 1. The average molecular weight is 493 g/mol. The lowest BCUT2D eigenvalue weighted by Gasteiger charge is -2.40. The Balaban J connectivity index is 1.38. The van der Waals surface area contributed by atoms with Crippen molar-refractivity contribution in [2.75, 3.05) is 23.3 Å². The zero-order chi connectivity index (χ0) is 24.5. The van der Waals surface area contributed by atoms with Crippen molar-refractivity contribution >= 4 is 40.8 Å². The van der Waals surface area contributed by atoms with E-state index in [9.17, 15) is 4.79 Å². The molecule has 0 spiro atoms. The van der Waals surface area contributed by atoms with E-state index in [4.69, 9.17) is 15.8 Å². The van der Waals surface area contributed by atoms with E-state index in [1.807, 2.05) is 36.4 Å². The van der Waals surface area contributed by atoms with Gasteiger partial charge in [0.05, 0.1) is 12.1 Å². The van der Waals surface area contributed by atoms with Gasteiger partial charge in [-0.3, -0.25) is 5.10 Å². The Hall–Kier alpha value is -2.95. The number of amides is 1. The molecule has 0 bridgehead atoms. The van der Waals surface area contributed by atoms with Gasteiger partial charge in [-0.2, -0.15) is 5.10 Å². The van der Waals surface area contributed by atoms with E-state index in [0.717, 1.165) is 42.5 Å². The molecule has 1 aliphatic heterocycles. The highest BCUT2D eigenvalue weighted by atomic mass is 32.2.